The number of carbonyl (C=O) groups is 1. The molecular weight excluding hydrogens is 328 g/mol. The number of benzene rings is 2. The summed E-state index contributed by atoms with van der Waals surface area (Å²) >= 11 is 5.94. The number of nitrogens with one attached hydrogen (secondary N) is 1. The van der Waals surface area contributed by atoms with Crippen LogP contribution in [0.25, 0.3) is 0 Å². The van der Waals surface area contributed by atoms with Crippen LogP contribution in [-0.2, 0) is 0 Å². The van der Waals surface area contributed by atoms with Crippen LogP contribution in [0.5, 0.6) is 11.5 Å². The number of halogens is 1. The maximum absolute atomic E-state index is 12.3. The van der Waals surface area contributed by atoms with E-state index in [2.05, 4.69) is 10.2 Å². The maximum Gasteiger partial charge on any atom is 0.251 e. The van der Waals surface area contributed by atoms with Crippen molar-refractivity contribution in [3.8, 4) is 11.5 Å². The van der Waals surface area contributed by atoms with Gasteiger partial charge in [-0.3, -0.25) is 4.79 Å². The van der Waals surface area contributed by atoms with E-state index in [1.807, 2.05) is 32.3 Å². The van der Waals surface area contributed by atoms with E-state index >= 15 is 0 Å². The van der Waals surface area contributed by atoms with Gasteiger partial charge >= 0.3 is 0 Å². The van der Waals surface area contributed by atoms with Gasteiger partial charge in [-0.2, -0.15) is 0 Å². The number of fused-ring (bicyclic) bond motifs is 1. The van der Waals surface area contributed by atoms with Crippen molar-refractivity contribution in [2.45, 2.75) is 6.04 Å². The minimum atomic E-state index is -0.148. The first-order valence-electron chi connectivity index (χ1n) is 7.64. The minimum absolute atomic E-state index is 0.0163. The Kier molecular flexibility index (Phi) is 4.92. The maximum atomic E-state index is 12.3. The zero-order valence-electron chi connectivity index (χ0n) is 13.6. The topological polar surface area (TPSA) is 50.8 Å². The second-order valence-corrected chi connectivity index (χ2v) is 6.25. The van der Waals surface area contributed by atoms with Crippen LogP contribution in [0.1, 0.15) is 22.0 Å². The molecule has 2 aromatic rings. The van der Waals surface area contributed by atoms with Crippen molar-refractivity contribution in [1.82, 2.24) is 10.2 Å². The number of hydrogen-bond donors (Lipinski definition) is 1. The van der Waals surface area contributed by atoms with Crippen molar-refractivity contribution in [3.63, 3.8) is 0 Å². The Bertz CT molecular complexity index is 749. The number of rotatable bonds is 5. The van der Waals surface area contributed by atoms with Crippen LogP contribution in [0.15, 0.2) is 42.5 Å². The van der Waals surface area contributed by atoms with E-state index in [9.17, 15) is 4.79 Å². The van der Waals surface area contributed by atoms with Gasteiger partial charge in [0.05, 0.1) is 6.04 Å². The molecule has 1 aliphatic heterocycles. The number of hydrogen-bond acceptors (Lipinski definition) is 4. The Balaban J connectivity index is 1.72. The highest BCUT2D eigenvalue weighted by molar-refractivity contribution is 6.30. The van der Waals surface area contributed by atoms with Gasteiger partial charge in [-0.25, -0.2) is 0 Å². The highest BCUT2D eigenvalue weighted by atomic mass is 35.5. The van der Waals surface area contributed by atoms with Crippen LogP contribution >= 0.6 is 11.6 Å². The average Bonchev–Trinajstić information content (AvgIpc) is 3.02. The first kappa shape index (κ1) is 16.6. The second-order valence-electron chi connectivity index (χ2n) is 5.81. The number of carbonyl (C=O) groups excluding carboxylic acids is 1. The fraction of sp³-hybridized carbons (Fsp3) is 0.278. The summed E-state index contributed by atoms with van der Waals surface area (Å²) in [7, 11) is 3.95. The third-order valence-corrected chi connectivity index (χ3v) is 4.18. The summed E-state index contributed by atoms with van der Waals surface area (Å²) in [5.41, 5.74) is 1.60. The van der Waals surface area contributed by atoms with Crippen LogP contribution in [0.2, 0.25) is 5.02 Å². The third kappa shape index (κ3) is 3.63. The Morgan fingerprint density at radius 3 is 2.75 bits per heavy atom. The number of likely N-dealkylation sites (N-methyl/N-ethyl adjacent to an activating group) is 1. The summed E-state index contributed by atoms with van der Waals surface area (Å²) in [6, 6.07) is 12.8. The predicted octanol–water partition coefficient (Wildman–Crippen LogP) is 3.10. The molecule has 1 heterocycles. The summed E-state index contributed by atoms with van der Waals surface area (Å²) in [6.07, 6.45) is 0. The van der Waals surface area contributed by atoms with Crippen molar-refractivity contribution >= 4 is 17.5 Å². The second kappa shape index (κ2) is 7.11. The molecule has 2 aromatic carbocycles. The van der Waals surface area contributed by atoms with Gasteiger partial charge in [0.25, 0.3) is 5.91 Å². The molecule has 1 atom stereocenters. The van der Waals surface area contributed by atoms with E-state index in [0.717, 1.165) is 17.1 Å². The molecular formula is C18H19ClN2O3. The van der Waals surface area contributed by atoms with E-state index in [0.29, 0.717) is 17.1 Å². The Morgan fingerprint density at radius 1 is 1.21 bits per heavy atom. The third-order valence-electron chi connectivity index (χ3n) is 3.95. The fourth-order valence-electron chi connectivity index (χ4n) is 2.64. The molecule has 0 aliphatic carbocycles. The summed E-state index contributed by atoms with van der Waals surface area (Å²) < 4.78 is 10.8. The van der Waals surface area contributed by atoms with E-state index in [1.165, 1.54) is 0 Å². The molecule has 1 aliphatic rings. The minimum Gasteiger partial charge on any atom is -0.454 e. The van der Waals surface area contributed by atoms with Crippen molar-refractivity contribution in [3.05, 3.63) is 58.6 Å². The molecule has 24 heavy (non-hydrogen) atoms. The quantitative estimate of drug-likeness (QED) is 0.903. The molecule has 0 spiro atoms. The predicted molar refractivity (Wildman–Crippen MR) is 92.8 cm³/mol. The van der Waals surface area contributed by atoms with Crippen LogP contribution < -0.4 is 14.8 Å². The largest absolute Gasteiger partial charge is 0.454 e. The molecule has 1 N–H and O–H groups in total. The van der Waals surface area contributed by atoms with E-state index in [-0.39, 0.29) is 18.7 Å². The first-order valence-corrected chi connectivity index (χ1v) is 8.02. The van der Waals surface area contributed by atoms with E-state index in [4.69, 9.17) is 21.1 Å². The SMILES string of the molecule is CN(C)[C@@H](CNC(=O)c1cccc(Cl)c1)c1ccc2c(c1)OCO2. The summed E-state index contributed by atoms with van der Waals surface area (Å²) in [5.74, 6) is 1.34. The lowest BCUT2D eigenvalue weighted by Gasteiger charge is -2.25. The number of amides is 1. The van der Waals surface area contributed by atoms with Crippen LogP contribution in [0, 0.1) is 0 Å². The normalized spacial score (nSPS) is 13.8. The molecule has 0 radical (unpaired) electrons. The highest BCUT2D eigenvalue weighted by Gasteiger charge is 2.20. The number of nitrogens with zero attached hydrogens (tertiary/aromatic N) is 1. The molecule has 0 aromatic heterocycles. The van der Waals surface area contributed by atoms with Gasteiger partial charge in [-0.15, -0.1) is 0 Å². The van der Waals surface area contributed by atoms with Crippen molar-refractivity contribution in [2.24, 2.45) is 0 Å². The standard InChI is InChI=1S/C18H19ClN2O3/c1-21(2)15(12-6-7-16-17(9-12)24-11-23-16)10-20-18(22)13-4-3-5-14(19)8-13/h3-9,15H,10-11H2,1-2H3,(H,20,22)/t15-/m0/s1. The zero-order valence-corrected chi connectivity index (χ0v) is 14.3. The molecule has 0 saturated heterocycles. The van der Waals surface area contributed by atoms with Crippen molar-refractivity contribution < 1.29 is 14.3 Å². The van der Waals surface area contributed by atoms with Gasteiger partial charge < -0.3 is 19.7 Å². The molecule has 0 fully saturated rings. The fourth-order valence-corrected chi connectivity index (χ4v) is 2.83. The van der Waals surface area contributed by atoms with Crippen LogP contribution in [0.3, 0.4) is 0 Å². The highest BCUT2D eigenvalue weighted by Crippen LogP contribution is 2.34. The van der Waals surface area contributed by atoms with Gasteiger partial charge in [-0.05, 0) is 50.0 Å². The number of ether oxygens (including phenoxy) is 2. The Labute approximate surface area is 146 Å². The molecule has 0 unspecified atom stereocenters. The Hall–Kier alpha value is -2.24. The molecule has 0 bridgehead atoms. The smallest absolute Gasteiger partial charge is 0.251 e. The zero-order chi connectivity index (χ0) is 17.1. The lowest BCUT2D eigenvalue weighted by molar-refractivity contribution is 0.0942. The summed E-state index contributed by atoms with van der Waals surface area (Å²) in [5, 5.41) is 3.51. The molecule has 3 rings (SSSR count). The van der Waals surface area contributed by atoms with Crippen LogP contribution in [-0.4, -0.2) is 38.2 Å². The molecule has 126 valence electrons. The lowest BCUT2D eigenvalue weighted by atomic mass is 10.0. The van der Waals surface area contributed by atoms with E-state index in [1.54, 1.807) is 24.3 Å². The average molecular weight is 347 g/mol. The lowest BCUT2D eigenvalue weighted by Crippen LogP contribution is -2.34. The molecule has 1 amide bonds. The summed E-state index contributed by atoms with van der Waals surface area (Å²) in [6.45, 7) is 0.717. The Morgan fingerprint density at radius 2 is 2.00 bits per heavy atom. The molecule has 6 heteroatoms. The molecule has 5 nitrogen and oxygen atoms in total. The van der Waals surface area contributed by atoms with Crippen molar-refractivity contribution in [1.29, 1.82) is 0 Å². The first-order chi connectivity index (χ1) is 11.5. The molecule has 0 saturated carbocycles. The van der Waals surface area contributed by atoms with Gasteiger partial charge in [-0.1, -0.05) is 23.7 Å². The van der Waals surface area contributed by atoms with Gasteiger partial charge in [0.1, 0.15) is 0 Å². The van der Waals surface area contributed by atoms with E-state index < -0.39 is 0 Å². The monoisotopic (exact) mass is 346 g/mol. The van der Waals surface area contributed by atoms with Crippen LogP contribution in [0.4, 0.5) is 0 Å². The van der Waals surface area contributed by atoms with Gasteiger partial charge in [0.2, 0.25) is 6.79 Å². The van der Waals surface area contributed by atoms with Gasteiger partial charge in [0, 0.05) is 17.1 Å². The van der Waals surface area contributed by atoms with Gasteiger partial charge in [0.15, 0.2) is 11.5 Å². The van der Waals surface area contributed by atoms with Crippen molar-refractivity contribution in [2.75, 3.05) is 27.4 Å². The summed E-state index contributed by atoms with van der Waals surface area (Å²) in [4.78, 5) is 14.4.